The molecule has 0 aliphatic carbocycles. The van der Waals surface area contributed by atoms with Crippen molar-refractivity contribution in [3.63, 3.8) is 0 Å². The highest BCUT2D eigenvalue weighted by Crippen LogP contribution is 2.43. The predicted molar refractivity (Wildman–Crippen MR) is 188 cm³/mol. The van der Waals surface area contributed by atoms with Gasteiger partial charge in [-0.1, -0.05) is 37.8 Å². The molecule has 3 atom stereocenters. The second kappa shape index (κ2) is 13.0. The average Bonchev–Trinajstić information content (AvgIpc) is 3.63. The molecule has 2 aromatic carbocycles. The number of hydrogen-bond acceptors (Lipinski definition) is 6. The van der Waals surface area contributed by atoms with Crippen LogP contribution < -0.4 is 25.8 Å². The zero-order valence-corrected chi connectivity index (χ0v) is 27.4. The highest BCUT2D eigenvalue weighted by atomic mass is 32.2. The zero-order valence-electron chi connectivity index (χ0n) is 25.7. The van der Waals surface area contributed by atoms with Crippen LogP contribution >= 0.6 is 24.4 Å². The summed E-state index contributed by atoms with van der Waals surface area (Å²) < 4.78 is 2.35. The van der Waals surface area contributed by atoms with Crippen molar-refractivity contribution in [3.05, 3.63) is 78.5 Å². The van der Waals surface area contributed by atoms with Gasteiger partial charge in [0.15, 0.2) is 12.4 Å². The number of thiol groups is 1. The van der Waals surface area contributed by atoms with Crippen molar-refractivity contribution in [1.82, 2.24) is 26.3 Å². The standard InChI is InChI=1S/C35H46N6S2/c1-23(11-5-8-14-31-34-35(42,22-43-31)40-26(4)38-34)37-18-9-16-36-17-10-19-41-20-15-27-25(3)33-32(24(2)29(27)21-41)28-12-6-7-13-30(28)39-33/h6-7,12-13,15,20-21,31,34,36-38,40,42H,1,4-5,8-11,14,16-19,22H2,2-3H3/p+1. The lowest BCUT2D eigenvalue weighted by Gasteiger charge is -2.23. The van der Waals surface area contributed by atoms with Crippen molar-refractivity contribution in [2.45, 2.75) is 75.1 Å². The first-order valence-electron chi connectivity index (χ1n) is 15.9. The Labute approximate surface area is 266 Å². The Bertz CT molecular complexity index is 1640. The number of pyridine rings is 1. The summed E-state index contributed by atoms with van der Waals surface area (Å²) in [7, 11) is 0. The summed E-state index contributed by atoms with van der Waals surface area (Å²) >= 11 is 6.90. The minimum Gasteiger partial charge on any atom is -0.389 e. The minimum absolute atomic E-state index is 0.134. The highest BCUT2D eigenvalue weighted by Gasteiger charge is 2.50. The van der Waals surface area contributed by atoms with E-state index in [1.165, 1.54) is 68.7 Å². The predicted octanol–water partition coefficient (Wildman–Crippen LogP) is 6.19. The lowest BCUT2D eigenvalue weighted by molar-refractivity contribution is -0.695. The molecule has 5 N–H and O–H groups in total. The SMILES string of the molecule is C=C(CCCCC1SCC2(S)NC(=C)NC12)NCCCNCCC[n+]1ccc2c(C)c3[nH]c4ccccc4c3c(C)c2c1. The number of nitrogens with zero attached hydrogens (tertiary/aromatic N) is 1. The number of unbranched alkanes of at least 4 members (excludes halogenated alkanes) is 1. The Morgan fingerprint density at radius 3 is 2.77 bits per heavy atom. The van der Waals surface area contributed by atoms with Gasteiger partial charge in [0.2, 0.25) is 0 Å². The number of allylic oxidation sites excluding steroid dienone is 1. The van der Waals surface area contributed by atoms with E-state index in [9.17, 15) is 0 Å². The van der Waals surface area contributed by atoms with Crippen LogP contribution in [0.2, 0.25) is 0 Å². The van der Waals surface area contributed by atoms with E-state index in [1.807, 2.05) is 11.8 Å². The van der Waals surface area contributed by atoms with Gasteiger partial charge in [-0.2, -0.15) is 11.8 Å². The van der Waals surface area contributed by atoms with Crippen molar-refractivity contribution in [1.29, 1.82) is 0 Å². The third-order valence-corrected chi connectivity index (χ3v) is 11.6. The summed E-state index contributed by atoms with van der Waals surface area (Å²) in [5.74, 6) is 1.94. The molecule has 3 unspecified atom stereocenters. The number of fused-ring (bicyclic) bond motifs is 5. The first-order chi connectivity index (χ1) is 20.8. The molecular weight excluding hydrogens is 569 g/mol. The van der Waals surface area contributed by atoms with E-state index in [-0.39, 0.29) is 4.87 Å². The quantitative estimate of drug-likeness (QED) is 0.0581. The molecule has 2 aliphatic rings. The number of benzene rings is 2. The van der Waals surface area contributed by atoms with Crippen LogP contribution in [0.4, 0.5) is 0 Å². The van der Waals surface area contributed by atoms with E-state index in [2.05, 4.69) is 101 Å². The molecule has 2 aliphatic heterocycles. The molecule has 0 spiro atoms. The van der Waals surface area contributed by atoms with Gasteiger partial charge in [0, 0.05) is 64.0 Å². The fourth-order valence-corrected chi connectivity index (χ4v) is 9.19. The summed E-state index contributed by atoms with van der Waals surface area (Å²) in [6.07, 6.45) is 11.4. The van der Waals surface area contributed by atoms with Crippen molar-refractivity contribution in [2.24, 2.45) is 0 Å². The van der Waals surface area contributed by atoms with Gasteiger partial charge in [0.1, 0.15) is 11.4 Å². The molecule has 0 saturated carbocycles. The first kappa shape index (κ1) is 30.2. The lowest BCUT2D eigenvalue weighted by Crippen LogP contribution is -2.45. The number of aromatic amines is 1. The summed E-state index contributed by atoms with van der Waals surface area (Å²) in [6, 6.07) is 11.3. The molecule has 43 heavy (non-hydrogen) atoms. The van der Waals surface area contributed by atoms with Gasteiger partial charge in [0.05, 0.1) is 17.4 Å². The van der Waals surface area contributed by atoms with Gasteiger partial charge in [0.25, 0.3) is 0 Å². The van der Waals surface area contributed by atoms with Gasteiger partial charge < -0.3 is 26.3 Å². The number of nitrogens with one attached hydrogen (secondary N) is 5. The number of rotatable bonds is 14. The maximum absolute atomic E-state index is 4.87. The largest absolute Gasteiger partial charge is 0.389 e. The summed E-state index contributed by atoms with van der Waals surface area (Å²) in [4.78, 5) is 3.53. The second-order valence-electron chi connectivity index (χ2n) is 12.4. The fourth-order valence-electron chi connectivity index (χ4n) is 6.94. The Hall–Kier alpha value is -2.81. The average molecular weight is 616 g/mol. The van der Waals surface area contributed by atoms with Crippen LogP contribution in [-0.2, 0) is 6.54 Å². The number of para-hydroxylation sites is 1. The number of aryl methyl sites for hydroxylation is 3. The highest BCUT2D eigenvalue weighted by molar-refractivity contribution is 8.01. The monoisotopic (exact) mass is 615 g/mol. The molecule has 8 heteroatoms. The van der Waals surface area contributed by atoms with Crippen LogP contribution in [-0.4, -0.2) is 46.5 Å². The van der Waals surface area contributed by atoms with Crippen molar-refractivity contribution in [2.75, 3.05) is 25.4 Å². The number of thioether (sulfide) groups is 1. The Morgan fingerprint density at radius 2 is 1.88 bits per heavy atom. The van der Waals surface area contributed by atoms with E-state index < -0.39 is 0 Å². The third kappa shape index (κ3) is 6.38. The minimum atomic E-state index is -0.134. The van der Waals surface area contributed by atoms with E-state index in [0.717, 1.165) is 57.0 Å². The topological polar surface area (TPSA) is 67.8 Å². The van der Waals surface area contributed by atoms with Gasteiger partial charge >= 0.3 is 0 Å². The molecule has 6 nitrogen and oxygen atoms in total. The molecule has 0 radical (unpaired) electrons. The van der Waals surface area contributed by atoms with Crippen molar-refractivity contribution in [3.8, 4) is 0 Å². The van der Waals surface area contributed by atoms with E-state index in [0.29, 0.717) is 11.3 Å². The molecular formula is C35H47N6S2+. The summed E-state index contributed by atoms with van der Waals surface area (Å²) in [6.45, 7) is 16.8. The van der Waals surface area contributed by atoms with Crippen molar-refractivity contribution < 1.29 is 4.57 Å². The molecule has 2 aromatic heterocycles. The molecule has 228 valence electrons. The molecule has 0 amide bonds. The maximum Gasteiger partial charge on any atom is 0.176 e. The van der Waals surface area contributed by atoms with Gasteiger partial charge in [-0.25, -0.2) is 4.57 Å². The van der Waals surface area contributed by atoms with Gasteiger partial charge in [-0.05, 0) is 68.7 Å². The van der Waals surface area contributed by atoms with Gasteiger partial charge in [-0.3, -0.25) is 0 Å². The summed E-state index contributed by atoms with van der Waals surface area (Å²) in [5.41, 5.74) is 6.33. The lowest BCUT2D eigenvalue weighted by atomic mass is 9.97. The Kier molecular flexibility index (Phi) is 9.17. The number of hydrogen-bond donors (Lipinski definition) is 6. The van der Waals surface area contributed by atoms with Crippen LogP contribution in [0, 0.1) is 13.8 Å². The molecule has 4 heterocycles. The molecule has 2 saturated heterocycles. The van der Waals surface area contributed by atoms with Crippen LogP contribution in [0.3, 0.4) is 0 Å². The summed E-state index contributed by atoms with van der Waals surface area (Å²) in [5, 5.41) is 20.0. The van der Waals surface area contributed by atoms with E-state index in [1.54, 1.807) is 0 Å². The Balaban J connectivity index is 0.870. The van der Waals surface area contributed by atoms with Crippen molar-refractivity contribution >= 4 is 57.0 Å². The van der Waals surface area contributed by atoms with Gasteiger partial charge in [-0.15, -0.1) is 12.6 Å². The maximum atomic E-state index is 4.87. The number of H-pyrrole nitrogens is 1. The van der Waals surface area contributed by atoms with Crippen LogP contribution in [0.15, 0.2) is 67.4 Å². The second-order valence-corrected chi connectivity index (χ2v) is 14.4. The van der Waals surface area contributed by atoms with E-state index >= 15 is 0 Å². The normalized spacial score (nSPS) is 21.4. The Morgan fingerprint density at radius 1 is 1.05 bits per heavy atom. The van der Waals surface area contributed by atoms with Crippen LogP contribution in [0.5, 0.6) is 0 Å². The third-order valence-electron chi connectivity index (χ3n) is 9.28. The van der Waals surface area contributed by atoms with Crippen LogP contribution in [0.25, 0.3) is 32.6 Å². The molecule has 6 rings (SSSR count). The number of aromatic nitrogens is 2. The first-order valence-corrected chi connectivity index (χ1v) is 17.4. The van der Waals surface area contributed by atoms with E-state index in [4.69, 9.17) is 12.6 Å². The van der Waals surface area contributed by atoms with Crippen LogP contribution in [0.1, 0.15) is 49.7 Å². The molecule has 0 bridgehead atoms. The molecule has 4 aromatic rings. The smallest absolute Gasteiger partial charge is 0.176 e. The zero-order chi connectivity index (χ0) is 30.0. The molecule has 2 fully saturated rings. The fraction of sp³-hybridized carbons (Fsp3) is 0.457.